The van der Waals surface area contributed by atoms with E-state index in [1.54, 1.807) is 0 Å². The normalized spacial score (nSPS) is 15.9. The lowest BCUT2D eigenvalue weighted by Crippen LogP contribution is -2.40. The van der Waals surface area contributed by atoms with Crippen molar-refractivity contribution in [1.82, 2.24) is 0 Å². The Balaban J connectivity index is 4.70. The van der Waals surface area contributed by atoms with Crippen LogP contribution in [0.2, 0.25) is 0 Å². The molecule has 1 unspecified atom stereocenters. The zero-order valence-corrected chi connectivity index (χ0v) is 10.0. The Morgan fingerprint density at radius 1 is 1.40 bits per heavy atom. The molecule has 15 heavy (non-hydrogen) atoms. The maximum Gasteiger partial charge on any atom is 0.310 e. The van der Waals surface area contributed by atoms with Crippen LogP contribution in [0.3, 0.4) is 0 Å². The summed E-state index contributed by atoms with van der Waals surface area (Å²) in [4.78, 5) is 11.1. The van der Waals surface area contributed by atoms with Crippen LogP contribution in [0.4, 0.5) is 0 Å². The van der Waals surface area contributed by atoms with Gasteiger partial charge in [-0.2, -0.15) is 0 Å². The number of nitrogens with two attached hydrogens (primary N) is 1. The van der Waals surface area contributed by atoms with E-state index in [9.17, 15) is 13.2 Å². The molecular weight excluding hydrogens is 218 g/mol. The summed E-state index contributed by atoms with van der Waals surface area (Å²) in [6.07, 6.45) is 2.27. The minimum absolute atomic E-state index is 0.0221. The van der Waals surface area contributed by atoms with Crippen LogP contribution in [-0.2, 0) is 14.6 Å². The van der Waals surface area contributed by atoms with Gasteiger partial charge < -0.3 is 10.8 Å². The Bertz CT molecular complexity index is 312. The second-order valence-electron chi connectivity index (χ2n) is 3.92. The number of carbonyl (C=O) groups is 1. The molecule has 0 saturated heterocycles. The number of aliphatic carboxylic acids is 1. The van der Waals surface area contributed by atoms with E-state index in [0.29, 0.717) is 12.8 Å². The number of rotatable bonds is 7. The Labute approximate surface area is 90.6 Å². The van der Waals surface area contributed by atoms with Gasteiger partial charge in [-0.1, -0.05) is 13.3 Å². The molecule has 3 N–H and O–H groups in total. The summed E-state index contributed by atoms with van der Waals surface area (Å²) in [5, 5.41) is 9.08. The highest BCUT2D eigenvalue weighted by atomic mass is 32.2. The predicted molar refractivity (Wildman–Crippen MR) is 58.4 cm³/mol. The maximum atomic E-state index is 11.1. The molecule has 0 radical (unpaired) electrons. The van der Waals surface area contributed by atoms with Gasteiger partial charge in [-0.3, -0.25) is 4.79 Å². The Morgan fingerprint density at radius 3 is 2.20 bits per heavy atom. The molecule has 0 rings (SSSR count). The van der Waals surface area contributed by atoms with E-state index in [1.165, 1.54) is 0 Å². The highest BCUT2D eigenvalue weighted by Crippen LogP contribution is 2.28. The predicted octanol–water partition coefficient (Wildman–Crippen LogP) is 0.251. The lowest BCUT2D eigenvalue weighted by molar-refractivity contribution is -0.149. The van der Waals surface area contributed by atoms with Gasteiger partial charge in [-0.25, -0.2) is 8.42 Å². The third-order valence-corrected chi connectivity index (χ3v) is 3.47. The molecule has 0 aromatic rings. The molecule has 0 aliphatic heterocycles. The van der Waals surface area contributed by atoms with Crippen molar-refractivity contribution in [3.05, 3.63) is 0 Å². The summed E-state index contributed by atoms with van der Waals surface area (Å²) < 4.78 is 22.0. The molecule has 0 amide bonds. The summed E-state index contributed by atoms with van der Waals surface area (Å²) in [7, 11) is -3.14. The van der Waals surface area contributed by atoms with Gasteiger partial charge in [0.15, 0.2) is 0 Å². The van der Waals surface area contributed by atoms with E-state index in [2.05, 4.69) is 0 Å². The highest BCUT2D eigenvalue weighted by Gasteiger charge is 2.36. The minimum Gasteiger partial charge on any atom is -0.481 e. The average molecular weight is 237 g/mol. The first-order valence-electron chi connectivity index (χ1n) is 4.88. The molecule has 0 aromatic carbocycles. The van der Waals surface area contributed by atoms with Gasteiger partial charge in [0.2, 0.25) is 0 Å². The third kappa shape index (κ3) is 4.61. The summed E-state index contributed by atoms with van der Waals surface area (Å²) in [6, 6.07) is 0. The number of sulfone groups is 1. The first kappa shape index (κ1) is 14.4. The van der Waals surface area contributed by atoms with Gasteiger partial charge in [-0.15, -0.1) is 0 Å². The van der Waals surface area contributed by atoms with Crippen molar-refractivity contribution >= 4 is 15.8 Å². The zero-order chi connectivity index (χ0) is 12.1. The van der Waals surface area contributed by atoms with E-state index in [0.717, 1.165) is 6.26 Å². The van der Waals surface area contributed by atoms with Crippen molar-refractivity contribution < 1.29 is 18.3 Å². The molecule has 0 aliphatic rings. The van der Waals surface area contributed by atoms with E-state index >= 15 is 0 Å². The van der Waals surface area contributed by atoms with Gasteiger partial charge in [0.1, 0.15) is 9.84 Å². The quantitative estimate of drug-likeness (QED) is 0.661. The number of hydrogen-bond donors (Lipinski definition) is 2. The first-order chi connectivity index (χ1) is 6.77. The lowest BCUT2D eigenvalue weighted by Gasteiger charge is -2.26. The van der Waals surface area contributed by atoms with Gasteiger partial charge >= 0.3 is 5.97 Å². The second-order valence-corrected chi connectivity index (χ2v) is 6.18. The van der Waals surface area contributed by atoms with Gasteiger partial charge in [0.05, 0.1) is 11.2 Å². The van der Waals surface area contributed by atoms with Crippen molar-refractivity contribution in [3.8, 4) is 0 Å². The Kier molecular flexibility index (Phi) is 5.23. The summed E-state index contributed by atoms with van der Waals surface area (Å²) in [5.74, 6) is -1.13. The topological polar surface area (TPSA) is 97.5 Å². The fourth-order valence-corrected chi connectivity index (χ4v) is 2.25. The molecule has 1 atom stereocenters. The van der Waals surface area contributed by atoms with Crippen LogP contribution in [0.5, 0.6) is 0 Å². The molecule has 0 saturated carbocycles. The standard InChI is InChI=1S/C9H19NO4S/c1-3-4-9(7-10,8(11)12)5-6-15(2,13)14/h3-7,10H2,1-2H3,(H,11,12). The molecule has 0 fully saturated rings. The van der Waals surface area contributed by atoms with Crippen molar-refractivity contribution in [2.75, 3.05) is 18.6 Å². The van der Waals surface area contributed by atoms with E-state index in [-0.39, 0.29) is 18.7 Å². The second kappa shape index (κ2) is 5.46. The van der Waals surface area contributed by atoms with Crippen LogP contribution in [0, 0.1) is 5.41 Å². The van der Waals surface area contributed by atoms with E-state index in [4.69, 9.17) is 10.8 Å². The highest BCUT2D eigenvalue weighted by molar-refractivity contribution is 7.90. The molecular formula is C9H19NO4S. The van der Waals surface area contributed by atoms with Gasteiger partial charge in [-0.05, 0) is 12.8 Å². The van der Waals surface area contributed by atoms with Crippen LogP contribution in [-0.4, -0.2) is 38.0 Å². The van der Waals surface area contributed by atoms with Crippen LogP contribution in [0.15, 0.2) is 0 Å². The number of carboxylic acid groups (broad SMARTS) is 1. The van der Waals surface area contributed by atoms with E-state index < -0.39 is 21.2 Å². The molecule has 5 nitrogen and oxygen atoms in total. The molecule has 0 heterocycles. The third-order valence-electron chi connectivity index (χ3n) is 2.52. The van der Waals surface area contributed by atoms with Crippen molar-refractivity contribution in [3.63, 3.8) is 0 Å². The zero-order valence-electron chi connectivity index (χ0n) is 9.19. The van der Waals surface area contributed by atoms with Crippen molar-refractivity contribution in [2.24, 2.45) is 11.1 Å². The van der Waals surface area contributed by atoms with Crippen LogP contribution in [0.1, 0.15) is 26.2 Å². The molecule has 0 bridgehead atoms. The smallest absolute Gasteiger partial charge is 0.310 e. The molecule has 0 spiro atoms. The molecule has 6 heteroatoms. The Morgan fingerprint density at radius 2 is 1.93 bits per heavy atom. The minimum atomic E-state index is -3.14. The molecule has 0 aliphatic carbocycles. The lowest BCUT2D eigenvalue weighted by atomic mass is 9.81. The number of hydrogen-bond acceptors (Lipinski definition) is 4. The average Bonchev–Trinajstić information content (AvgIpc) is 2.10. The Hall–Kier alpha value is -0.620. The van der Waals surface area contributed by atoms with Gasteiger partial charge in [0, 0.05) is 12.8 Å². The summed E-state index contributed by atoms with van der Waals surface area (Å²) in [6.45, 7) is 1.83. The fourth-order valence-electron chi connectivity index (χ4n) is 1.49. The first-order valence-corrected chi connectivity index (χ1v) is 6.94. The SMILES string of the molecule is CCCC(CN)(CCS(C)(=O)=O)C(=O)O. The largest absolute Gasteiger partial charge is 0.481 e. The maximum absolute atomic E-state index is 11.1. The molecule has 0 aromatic heterocycles. The van der Waals surface area contributed by atoms with Crippen LogP contribution >= 0.6 is 0 Å². The molecule has 90 valence electrons. The van der Waals surface area contributed by atoms with Crippen molar-refractivity contribution in [1.29, 1.82) is 0 Å². The van der Waals surface area contributed by atoms with E-state index in [1.807, 2.05) is 6.92 Å². The fraction of sp³-hybridized carbons (Fsp3) is 0.889. The summed E-state index contributed by atoms with van der Waals surface area (Å²) in [5.41, 5.74) is 4.36. The van der Waals surface area contributed by atoms with Gasteiger partial charge in [0.25, 0.3) is 0 Å². The number of carboxylic acids is 1. The monoisotopic (exact) mass is 237 g/mol. The van der Waals surface area contributed by atoms with Crippen LogP contribution in [0.25, 0.3) is 0 Å². The van der Waals surface area contributed by atoms with Crippen molar-refractivity contribution in [2.45, 2.75) is 26.2 Å². The van der Waals surface area contributed by atoms with Crippen LogP contribution < -0.4 is 5.73 Å². The summed E-state index contributed by atoms with van der Waals surface area (Å²) >= 11 is 0.